The predicted octanol–water partition coefficient (Wildman–Crippen LogP) is 0.191. The molecule has 0 aromatic heterocycles. The van der Waals surface area contributed by atoms with Crippen molar-refractivity contribution in [3.05, 3.63) is 35.9 Å². The molecule has 0 N–H and O–H groups in total. The van der Waals surface area contributed by atoms with Crippen LogP contribution >= 0.6 is 0 Å². The van der Waals surface area contributed by atoms with Gasteiger partial charge in [0.1, 0.15) is 11.4 Å². The molecule has 140 valence electrons. The van der Waals surface area contributed by atoms with E-state index in [-0.39, 0.29) is 24.0 Å². The molecule has 1 amide bonds. The molecule has 0 aliphatic carbocycles. The Hall–Kier alpha value is -2.38. The zero-order chi connectivity index (χ0) is 18.5. The number of carboxylic acids is 1. The smallest absolute Gasteiger partial charge is 0.234 e. The van der Waals surface area contributed by atoms with Crippen molar-refractivity contribution >= 4 is 17.6 Å². The van der Waals surface area contributed by atoms with Gasteiger partial charge in [0, 0.05) is 30.0 Å². The van der Waals surface area contributed by atoms with E-state index >= 15 is 0 Å². The molecule has 7 nitrogen and oxygen atoms in total. The first-order valence-electron chi connectivity index (χ1n) is 9.27. The molecule has 3 fully saturated rings. The molecule has 2 bridgehead atoms. The lowest BCUT2D eigenvalue weighted by Gasteiger charge is -2.44. The molecule has 0 saturated carbocycles. The van der Waals surface area contributed by atoms with Crippen LogP contribution < -0.4 is 14.7 Å². The number of benzene rings is 1. The van der Waals surface area contributed by atoms with E-state index in [1.165, 1.54) is 0 Å². The number of methoxy groups -OCH3 is 1. The summed E-state index contributed by atoms with van der Waals surface area (Å²) in [5.74, 6) is -2.37. The molecule has 5 aliphatic rings. The minimum atomic E-state index is -1.22. The van der Waals surface area contributed by atoms with Gasteiger partial charge in [0.25, 0.3) is 0 Å². The molecule has 0 unspecified atom stereocenters. The third-order valence-corrected chi connectivity index (χ3v) is 6.95. The summed E-state index contributed by atoms with van der Waals surface area (Å²) in [6, 6.07) is 5.32. The number of nitrogens with zero attached hydrogens (tertiary/aromatic N) is 1. The average Bonchev–Trinajstić information content (AvgIpc) is 3.41. The summed E-state index contributed by atoms with van der Waals surface area (Å²) in [6.45, 7) is 0.600. The standard InChI is InChI=1S/C20H19NO6/c1-25-9-2-3-12-11(8-9)16-10(5-7-26-16)17-20-6-4-13(27-20)14(19(23)24)15(20)18(22)21(12)17/h2-4,6,8,10,13-17H,5,7H2,1H3,(H,23,24)/p-1/t10-,13+,14-,15+,16+,17-,20-/m0/s1. The number of rotatable bonds is 2. The highest BCUT2D eigenvalue weighted by Crippen LogP contribution is 2.62. The van der Waals surface area contributed by atoms with Crippen molar-refractivity contribution in [2.24, 2.45) is 17.8 Å². The third-order valence-electron chi connectivity index (χ3n) is 6.95. The summed E-state index contributed by atoms with van der Waals surface area (Å²) >= 11 is 0. The maximum atomic E-state index is 13.5. The monoisotopic (exact) mass is 368 g/mol. The van der Waals surface area contributed by atoms with Crippen LogP contribution in [-0.2, 0) is 19.1 Å². The van der Waals surface area contributed by atoms with Gasteiger partial charge in [0.15, 0.2) is 0 Å². The summed E-state index contributed by atoms with van der Waals surface area (Å²) in [7, 11) is 1.60. The van der Waals surface area contributed by atoms with E-state index in [1.54, 1.807) is 18.1 Å². The van der Waals surface area contributed by atoms with Crippen LogP contribution in [0.5, 0.6) is 5.75 Å². The minimum absolute atomic E-state index is 0.0439. The van der Waals surface area contributed by atoms with Crippen LogP contribution in [0, 0.1) is 17.8 Å². The van der Waals surface area contributed by atoms with Gasteiger partial charge in [-0.3, -0.25) is 4.79 Å². The molecule has 1 spiro atoms. The predicted molar refractivity (Wildman–Crippen MR) is 89.8 cm³/mol. The molecular formula is C20H18NO6-. The Morgan fingerprint density at radius 2 is 2.26 bits per heavy atom. The van der Waals surface area contributed by atoms with Gasteiger partial charge in [-0.05, 0) is 24.6 Å². The van der Waals surface area contributed by atoms with Crippen molar-refractivity contribution in [1.29, 1.82) is 0 Å². The van der Waals surface area contributed by atoms with Gasteiger partial charge >= 0.3 is 0 Å². The highest BCUT2D eigenvalue weighted by molar-refractivity contribution is 6.04. The number of hydrogen-bond acceptors (Lipinski definition) is 6. The van der Waals surface area contributed by atoms with Crippen molar-refractivity contribution < 1.29 is 28.9 Å². The fraction of sp³-hybridized carbons (Fsp3) is 0.500. The second-order valence-electron chi connectivity index (χ2n) is 7.94. The molecular weight excluding hydrogens is 350 g/mol. The van der Waals surface area contributed by atoms with Crippen LogP contribution in [0.2, 0.25) is 0 Å². The molecule has 27 heavy (non-hydrogen) atoms. The van der Waals surface area contributed by atoms with Gasteiger partial charge < -0.3 is 29.0 Å². The lowest BCUT2D eigenvalue weighted by molar-refractivity contribution is -0.313. The zero-order valence-electron chi connectivity index (χ0n) is 14.7. The maximum absolute atomic E-state index is 13.5. The van der Waals surface area contributed by atoms with Crippen LogP contribution in [0.1, 0.15) is 18.1 Å². The van der Waals surface area contributed by atoms with Crippen molar-refractivity contribution in [3.63, 3.8) is 0 Å². The number of carbonyl (C=O) groups excluding carboxylic acids is 2. The number of hydrogen-bond donors (Lipinski definition) is 0. The van der Waals surface area contributed by atoms with E-state index in [1.807, 2.05) is 24.3 Å². The quantitative estimate of drug-likeness (QED) is 0.693. The number of aliphatic carboxylic acids is 1. The SMILES string of the molecule is COc1ccc2c(c1)[C@@H]1OCC[C@@H]1[C@@H]1N2C(=O)[C@H]2[C@@H](C(=O)[O-])[C@H]3C=C[C@@]12O3. The van der Waals surface area contributed by atoms with Gasteiger partial charge in [-0.25, -0.2) is 0 Å². The molecule has 1 aromatic carbocycles. The van der Waals surface area contributed by atoms with Gasteiger partial charge in [-0.15, -0.1) is 0 Å². The topological polar surface area (TPSA) is 88.1 Å². The zero-order valence-corrected chi connectivity index (χ0v) is 14.7. The Labute approximate surface area is 155 Å². The highest BCUT2D eigenvalue weighted by Gasteiger charge is 2.73. The van der Waals surface area contributed by atoms with Crippen LogP contribution in [0.3, 0.4) is 0 Å². The van der Waals surface area contributed by atoms with Gasteiger partial charge in [0.05, 0.1) is 37.0 Å². The lowest BCUT2D eigenvalue weighted by atomic mass is 9.70. The minimum Gasteiger partial charge on any atom is -0.550 e. The van der Waals surface area contributed by atoms with Crippen LogP contribution in [0.15, 0.2) is 30.4 Å². The Balaban J connectivity index is 1.57. The fourth-order valence-corrected chi connectivity index (χ4v) is 6.01. The van der Waals surface area contributed by atoms with Crippen LogP contribution in [0.25, 0.3) is 0 Å². The molecule has 7 heteroatoms. The summed E-state index contributed by atoms with van der Waals surface area (Å²) in [5, 5.41) is 11.8. The number of carbonyl (C=O) groups is 2. The van der Waals surface area contributed by atoms with E-state index in [4.69, 9.17) is 14.2 Å². The van der Waals surface area contributed by atoms with Gasteiger partial charge in [0.2, 0.25) is 5.91 Å². The van der Waals surface area contributed by atoms with E-state index in [0.29, 0.717) is 12.4 Å². The average molecular weight is 368 g/mol. The van der Waals surface area contributed by atoms with E-state index in [2.05, 4.69) is 0 Å². The Kier molecular flexibility index (Phi) is 2.85. The van der Waals surface area contributed by atoms with Crippen molar-refractivity contribution in [2.45, 2.75) is 30.3 Å². The first kappa shape index (κ1) is 15.7. The normalized spacial score (nSPS) is 42.7. The van der Waals surface area contributed by atoms with E-state index in [0.717, 1.165) is 17.7 Å². The Morgan fingerprint density at radius 1 is 1.41 bits per heavy atom. The van der Waals surface area contributed by atoms with Crippen LogP contribution in [0.4, 0.5) is 5.69 Å². The van der Waals surface area contributed by atoms with Gasteiger partial charge in [-0.1, -0.05) is 12.2 Å². The first-order valence-corrected chi connectivity index (χ1v) is 9.27. The second kappa shape index (κ2) is 4.91. The Bertz CT molecular complexity index is 912. The number of carboxylic acid groups (broad SMARTS) is 1. The molecule has 0 radical (unpaired) electrons. The molecule has 5 aliphatic heterocycles. The molecule has 1 aromatic rings. The number of amides is 1. The fourth-order valence-electron chi connectivity index (χ4n) is 6.01. The Morgan fingerprint density at radius 3 is 3.04 bits per heavy atom. The maximum Gasteiger partial charge on any atom is 0.234 e. The molecule has 3 saturated heterocycles. The van der Waals surface area contributed by atoms with Crippen LogP contribution in [-0.4, -0.2) is 43.3 Å². The first-order chi connectivity index (χ1) is 13.1. The lowest BCUT2D eigenvalue weighted by Crippen LogP contribution is -2.53. The third kappa shape index (κ3) is 1.66. The molecule has 6 rings (SSSR count). The summed E-state index contributed by atoms with van der Waals surface area (Å²) in [5.41, 5.74) is 0.761. The van der Waals surface area contributed by atoms with E-state index < -0.39 is 29.5 Å². The summed E-state index contributed by atoms with van der Waals surface area (Å²) in [4.78, 5) is 27.0. The molecule has 7 atom stereocenters. The highest BCUT2D eigenvalue weighted by atomic mass is 16.5. The number of fused-ring (bicyclic) bond motifs is 7. The van der Waals surface area contributed by atoms with Crippen molar-refractivity contribution in [2.75, 3.05) is 18.6 Å². The van der Waals surface area contributed by atoms with E-state index in [9.17, 15) is 14.7 Å². The van der Waals surface area contributed by atoms with Gasteiger partial charge in [-0.2, -0.15) is 0 Å². The summed E-state index contributed by atoms with van der Waals surface area (Å²) in [6.07, 6.45) is 3.73. The second-order valence-corrected chi connectivity index (χ2v) is 7.94. The van der Waals surface area contributed by atoms with Crippen molar-refractivity contribution in [1.82, 2.24) is 0 Å². The number of ether oxygens (including phenoxy) is 3. The molecule has 5 heterocycles. The number of anilines is 1. The largest absolute Gasteiger partial charge is 0.550 e. The summed E-state index contributed by atoms with van der Waals surface area (Å²) < 4.78 is 17.6. The van der Waals surface area contributed by atoms with Crippen molar-refractivity contribution in [3.8, 4) is 5.75 Å².